The van der Waals surface area contributed by atoms with Gasteiger partial charge in [-0.25, -0.2) is 4.39 Å². The maximum atomic E-state index is 13.5. The molecule has 0 amide bonds. The maximum absolute atomic E-state index is 13.5. The van der Waals surface area contributed by atoms with Crippen molar-refractivity contribution in [2.75, 3.05) is 6.61 Å². The summed E-state index contributed by atoms with van der Waals surface area (Å²) in [5.41, 5.74) is 0.588. The maximum Gasteiger partial charge on any atom is 0.157 e. The quantitative estimate of drug-likeness (QED) is 0.866. The predicted molar refractivity (Wildman–Crippen MR) is 66.6 cm³/mol. The molecule has 1 aromatic heterocycles. The molecule has 2 rings (SSSR count). The normalized spacial score (nSPS) is 10.5. The first-order valence-electron chi connectivity index (χ1n) is 5.28. The van der Waals surface area contributed by atoms with E-state index < -0.39 is 0 Å². The number of benzene rings is 1. The molecule has 1 heterocycles. The van der Waals surface area contributed by atoms with Crippen molar-refractivity contribution in [2.24, 2.45) is 0 Å². The van der Waals surface area contributed by atoms with Gasteiger partial charge in [0.05, 0.1) is 25.5 Å². The van der Waals surface area contributed by atoms with Crippen molar-refractivity contribution in [3.63, 3.8) is 0 Å². The van der Waals surface area contributed by atoms with Gasteiger partial charge in [0.2, 0.25) is 0 Å². The van der Waals surface area contributed by atoms with Crippen LogP contribution in [0.2, 0.25) is 0 Å². The fraction of sp³-hybridized carbons (Fsp3) is 0.250. The molecule has 0 aliphatic heterocycles. The van der Waals surface area contributed by atoms with Gasteiger partial charge < -0.3 is 4.74 Å². The third-order valence-corrected chi connectivity index (χ3v) is 2.75. The van der Waals surface area contributed by atoms with Gasteiger partial charge in [-0.15, -0.1) is 0 Å². The van der Waals surface area contributed by atoms with Crippen LogP contribution in [-0.4, -0.2) is 16.4 Å². The van der Waals surface area contributed by atoms with Gasteiger partial charge in [0, 0.05) is 10.0 Å². The lowest BCUT2D eigenvalue weighted by Gasteiger charge is -2.04. The second kappa shape index (κ2) is 5.31. The Hall–Kier alpha value is -1.36. The van der Waals surface area contributed by atoms with E-state index >= 15 is 0 Å². The minimum atomic E-state index is -0.235. The second-order valence-corrected chi connectivity index (χ2v) is 4.46. The summed E-state index contributed by atoms with van der Waals surface area (Å²) in [5.74, 6) is 0.463. The lowest BCUT2D eigenvalue weighted by atomic mass is 10.2. The Balaban J connectivity index is 2.16. The van der Waals surface area contributed by atoms with Crippen molar-refractivity contribution < 1.29 is 9.13 Å². The number of rotatable bonds is 4. The van der Waals surface area contributed by atoms with E-state index in [0.717, 1.165) is 4.47 Å². The monoisotopic (exact) mass is 298 g/mol. The minimum absolute atomic E-state index is 0.235. The molecule has 0 fully saturated rings. The van der Waals surface area contributed by atoms with Crippen molar-refractivity contribution in [1.82, 2.24) is 9.78 Å². The van der Waals surface area contributed by atoms with E-state index in [4.69, 9.17) is 4.74 Å². The molecule has 0 saturated heterocycles. The number of nitrogens with zero attached hydrogens (tertiary/aromatic N) is 2. The standard InChI is InChI=1S/C12H12BrFN2O/c1-2-17-11-6-15-16(8-11)7-9-5-10(13)3-4-12(9)14/h3-6,8H,2,7H2,1H3. The molecule has 90 valence electrons. The van der Waals surface area contributed by atoms with Crippen LogP contribution >= 0.6 is 15.9 Å². The van der Waals surface area contributed by atoms with E-state index in [0.29, 0.717) is 24.5 Å². The average Bonchev–Trinajstić information content (AvgIpc) is 2.72. The summed E-state index contributed by atoms with van der Waals surface area (Å²) in [6.07, 6.45) is 3.38. The summed E-state index contributed by atoms with van der Waals surface area (Å²) in [6, 6.07) is 4.86. The van der Waals surface area contributed by atoms with Crippen LogP contribution in [0.15, 0.2) is 35.1 Å². The van der Waals surface area contributed by atoms with Gasteiger partial charge in [0.25, 0.3) is 0 Å². The molecule has 0 unspecified atom stereocenters. The van der Waals surface area contributed by atoms with E-state index in [1.807, 2.05) is 6.92 Å². The van der Waals surface area contributed by atoms with Crippen LogP contribution in [0.1, 0.15) is 12.5 Å². The molecule has 0 bridgehead atoms. The molecule has 0 N–H and O–H groups in total. The van der Waals surface area contributed by atoms with Crippen molar-refractivity contribution in [3.05, 3.63) is 46.4 Å². The summed E-state index contributed by atoms with van der Waals surface area (Å²) in [4.78, 5) is 0. The molecule has 17 heavy (non-hydrogen) atoms. The van der Waals surface area contributed by atoms with Crippen LogP contribution < -0.4 is 4.74 Å². The molecule has 0 aliphatic rings. The van der Waals surface area contributed by atoms with Crippen molar-refractivity contribution >= 4 is 15.9 Å². The van der Waals surface area contributed by atoms with Crippen LogP contribution in [0.4, 0.5) is 4.39 Å². The summed E-state index contributed by atoms with van der Waals surface area (Å²) >= 11 is 3.32. The van der Waals surface area contributed by atoms with Crippen LogP contribution in [-0.2, 0) is 6.54 Å². The first-order valence-corrected chi connectivity index (χ1v) is 6.07. The summed E-state index contributed by atoms with van der Waals surface area (Å²) < 4.78 is 21.3. The third-order valence-electron chi connectivity index (χ3n) is 2.26. The van der Waals surface area contributed by atoms with Gasteiger partial charge in [-0.1, -0.05) is 15.9 Å². The van der Waals surface area contributed by atoms with Crippen molar-refractivity contribution in [1.29, 1.82) is 0 Å². The van der Waals surface area contributed by atoms with E-state index in [9.17, 15) is 4.39 Å². The van der Waals surface area contributed by atoms with Crippen molar-refractivity contribution in [2.45, 2.75) is 13.5 Å². The molecule has 2 aromatic rings. The summed E-state index contributed by atoms with van der Waals surface area (Å²) in [6.45, 7) is 2.89. The Morgan fingerprint density at radius 3 is 3.06 bits per heavy atom. The van der Waals surface area contributed by atoms with E-state index in [-0.39, 0.29) is 5.82 Å². The largest absolute Gasteiger partial charge is 0.491 e. The van der Waals surface area contributed by atoms with Gasteiger partial charge >= 0.3 is 0 Å². The fourth-order valence-corrected chi connectivity index (χ4v) is 1.92. The minimum Gasteiger partial charge on any atom is -0.491 e. The molecule has 0 radical (unpaired) electrons. The molecule has 0 saturated carbocycles. The average molecular weight is 299 g/mol. The Labute approximate surface area is 107 Å². The smallest absolute Gasteiger partial charge is 0.157 e. The Kier molecular flexibility index (Phi) is 3.78. The van der Waals surface area contributed by atoms with Gasteiger partial charge in [0.15, 0.2) is 5.75 Å². The van der Waals surface area contributed by atoms with Crippen molar-refractivity contribution in [3.8, 4) is 5.75 Å². The van der Waals surface area contributed by atoms with Gasteiger partial charge in [-0.3, -0.25) is 4.68 Å². The molecular formula is C12H12BrFN2O. The molecule has 3 nitrogen and oxygen atoms in total. The first-order chi connectivity index (χ1) is 8.19. The lowest BCUT2D eigenvalue weighted by molar-refractivity contribution is 0.340. The zero-order valence-electron chi connectivity index (χ0n) is 9.36. The highest BCUT2D eigenvalue weighted by molar-refractivity contribution is 9.10. The molecular weight excluding hydrogens is 287 g/mol. The Morgan fingerprint density at radius 2 is 2.29 bits per heavy atom. The van der Waals surface area contributed by atoms with Gasteiger partial charge in [0.1, 0.15) is 5.82 Å². The van der Waals surface area contributed by atoms with E-state index in [1.165, 1.54) is 6.07 Å². The Morgan fingerprint density at radius 1 is 1.47 bits per heavy atom. The number of hydrogen-bond donors (Lipinski definition) is 0. The zero-order valence-corrected chi connectivity index (χ0v) is 10.9. The third kappa shape index (κ3) is 3.06. The molecule has 5 heteroatoms. The molecule has 0 atom stereocenters. The number of ether oxygens (including phenoxy) is 1. The fourth-order valence-electron chi connectivity index (χ4n) is 1.51. The highest BCUT2D eigenvalue weighted by atomic mass is 79.9. The van der Waals surface area contributed by atoms with Crippen LogP contribution in [0.3, 0.4) is 0 Å². The summed E-state index contributed by atoms with van der Waals surface area (Å²) in [7, 11) is 0. The Bertz CT molecular complexity index is 513. The highest BCUT2D eigenvalue weighted by Crippen LogP contribution is 2.17. The van der Waals surface area contributed by atoms with Gasteiger partial charge in [-0.2, -0.15) is 5.10 Å². The van der Waals surface area contributed by atoms with Crippen LogP contribution in [0.5, 0.6) is 5.75 Å². The number of hydrogen-bond acceptors (Lipinski definition) is 2. The first kappa shape index (κ1) is 12.1. The zero-order chi connectivity index (χ0) is 12.3. The van der Waals surface area contributed by atoms with E-state index in [1.54, 1.807) is 29.2 Å². The topological polar surface area (TPSA) is 27.1 Å². The number of aromatic nitrogens is 2. The van der Waals surface area contributed by atoms with E-state index in [2.05, 4.69) is 21.0 Å². The molecule has 0 aliphatic carbocycles. The highest BCUT2D eigenvalue weighted by Gasteiger charge is 2.05. The lowest BCUT2D eigenvalue weighted by Crippen LogP contribution is -2.02. The second-order valence-electron chi connectivity index (χ2n) is 3.54. The van der Waals surface area contributed by atoms with Gasteiger partial charge in [-0.05, 0) is 25.1 Å². The SMILES string of the molecule is CCOc1cnn(Cc2cc(Br)ccc2F)c1. The van der Waals surface area contributed by atoms with Crippen LogP contribution in [0.25, 0.3) is 0 Å². The number of halogens is 2. The predicted octanol–water partition coefficient (Wildman–Crippen LogP) is 3.23. The molecule has 0 spiro atoms. The van der Waals surface area contributed by atoms with Crippen LogP contribution in [0, 0.1) is 5.82 Å². The molecule has 1 aromatic carbocycles. The summed E-state index contributed by atoms with van der Waals surface area (Å²) in [5, 5.41) is 4.11.